The molecule has 0 saturated carbocycles. The van der Waals surface area contributed by atoms with Gasteiger partial charge in [-0.25, -0.2) is 4.90 Å². The van der Waals surface area contributed by atoms with Crippen molar-refractivity contribution in [3.8, 4) is 11.5 Å². The van der Waals surface area contributed by atoms with Gasteiger partial charge in [0.2, 0.25) is 11.8 Å². The molecule has 48 heavy (non-hydrogen) atoms. The number of phenolic OH excluding ortho intramolecular Hbond substituents is 1. The molecule has 252 valence electrons. The Hall–Kier alpha value is -4.89. The molecule has 0 spiro atoms. The third-order valence-electron chi connectivity index (χ3n) is 8.94. The number of nitrogens with zero attached hydrogens (tertiary/aromatic N) is 1. The van der Waals surface area contributed by atoms with Crippen molar-refractivity contribution in [2.45, 2.75) is 44.4 Å². The second-order valence-corrected chi connectivity index (χ2v) is 11.8. The molecule has 16 heteroatoms. The highest BCUT2D eigenvalue weighted by Crippen LogP contribution is 2.57. The molecule has 4 atom stereocenters. The van der Waals surface area contributed by atoms with E-state index in [1.807, 2.05) is 0 Å². The van der Waals surface area contributed by atoms with Crippen molar-refractivity contribution in [2.75, 3.05) is 4.90 Å². The topological polar surface area (TPSA) is 101 Å². The zero-order valence-corrected chi connectivity index (χ0v) is 24.2. The van der Waals surface area contributed by atoms with Gasteiger partial charge in [-0.15, -0.1) is 13.2 Å². The second kappa shape index (κ2) is 10.8. The van der Waals surface area contributed by atoms with Crippen molar-refractivity contribution in [1.29, 1.82) is 0 Å². The predicted molar refractivity (Wildman–Crippen MR) is 145 cm³/mol. The Morgan fingerprint density at radius 1 is 0.833 bits per heavy atom. The van der Waals surface area contributed by atoms with Gasteiger partial charge in [-0.3, -0.25) is 19.2 Å². The minimum Gasteiger partial charge on any atom is -0.508 e. The number of hydrogen-bond donors (Lipinski definition) is 1. The van der Waals surface area contributed by atoms with Crippen LogP contribution in [0.5, 0.6) is 11.5 Å². The predicted octanol–water partition coefficient (Wildman–Crippen LogP) is 6.96. The maximum absolute atomic E-state index is 14.0. The van der Waals surface area contributed by atoms with Gasteiger partial charge in [0.1, 0.15) is 11.5 Å². The molecule has 6 rings (SSSR count). The van der Waals surface area contributed by atoms with Gasteiger partial charge in [0.25, 0.3) is 0 Å². The van der Waals surface area contributed by atoms with Crippen molar-refractivity contribution < 1.29 is 68.5 Å². The molecule has 1 N–H and O–H groups in total. The highest BCUT2D eigenvalue weighted by molar-refractivity contribution is 6.25. The summed E-state index contributed by atoms with van der Waals surface area (Å²) in [5.74, 6) is -10.4. The monoisotopic (exact) mass is 685 g/mol. The van der Waals surface area contributed by atoms with Crippen LogP contribution < -0.4 is 9.64 Å². The molecule has 1 fully saturated rings. The average Bonchev–Trinajstić information content (AvgIpc) is 3.23. The van der Waals surface area contributed by atoms with Crippen molar-refractivity contribution in [3.63, 3.8) is 0 Å². The number of alkyl halides is 9. The number of benzene rings is 2. The fourth-order valence-corrected chi connectivity index (χ4v) is 7.02. The van der Waals surface area contributed by atoms with E-state index in [0.717, 1.165) is 24.3 Å². The minimum absolute atomic E-state index is 0.0187. The number of carbonyl (C=O) groups excluding carboxylic acids is 4. The Bertz CT molecular complexity index is 1870. The van der Waals surface area contributed by atoms with Crippen molar-refractivity contribution in [2.24, 2.45) is 17.8 Å². The summed E-state index contributed by atoms with van der Waals surface area (Å²) in [4.78, 5) is 54.5. The van der Waals surface area contributed by atoms with Crippen molar-refractivity contribution in [3.05, 3.63) is 87.5 Å². The summed E-state index contributed by atoms with van der Waals surface area (Å²) in [5, 5.41) is 10.8. The number of amides is 2. The molecule has 2 aromatic rings. The Balaban J connectivity index is 1.49. The Labute approximate surface area is 263 Å². The molecule has 1 heterocycles. The zero-order chi connectivity index (χ0) is 35.2. The Morgan fingerprint density at radius 3 is 2.04 bits per heavy atom. The third kappa shape index (κ3) is 5.46. The van der Waals surface area contributed by atoms with Gasteiger partial charge in [0.05, 0.1) is 28.7 Å². The van der Waals surface area contributed by atoms with Crippen LogP contribution in [0.1, 0.15) is 42.4 Å². The number of fused-ring (bicyclic) bond motifs is 3. The zero-order valence-electron chi connectivity index (χ0n) is 24.2. The summed E-state index contributed by atoms with van der Waals surface area (Å²) in [5.41, 5.74) is -5.06. The number of ketones is 2. The molecule has 0 unspecified atom stereocenters. The van der Waals surface area contributed by atoms with Gasteiger partial charge in [0.15, 0.2) is 11.6 Å². The lowest BCUT2D eigenvalue weighted by atomic mass is 9.59. The molecular weight excluding hydrogens is 665 g/mol. The first-order valence-corrected chi connectivity index (χ1v) is 14.1. The highest BCUT2D eigenvalue weighted by Gasteiger charge is 2.57. The van der Waals surface area contributed by atoms with E-state index in [-0.39, 0.29) is 63.8 Å². The highest BCUT2D eigenvalue weighted by atomic mass is 19.4. The number of Topliss-reactive ketones (excluding diaryl/α,β-unsaturated/α-hetero) is 1. The summed E-state index contributed by atoms with van der Waals surface area (Å²) in [6.07, 6.45) is -14.0. The van der Waals surface area contributed by atoms with Crippen LogP contribution in [0, 0.1) is 17.8 Å². The molecule has 0 aromatic heterocycles. The maximum Gasteiger partial charge on any atom is 0.573 e. The minimum atomic E-state index is -5.28. The summed E-state index contributed by atoms with van der Waals surface area (Å²) in [7, 11) is 0. The lowest BCUT2D eigenvalue weighted by Crippen LogP contribution is -2.39. The molecule has 4 aliphatic rings. The number of phenols is 1. The molecular formula is C32H20F9NO6. The number of halogens is 9. The number of imide groups is 1. The number of allylic oxidation sites excluding steroid dienone is 6. The van der Waals surface area contributed by atoms with Gasteiger partial charge in [-0.1, -0.05) is 11.6 Å². The van der Waals surface area contributed by atoms with Gasteiger partial charge in [-0.05, 0) is 68.2 Å². The van der Waals surface area contributed by atoms with E-state index in [0.29, 0.717) is 0 Å². The van der Waals surface area contributed by atoms with Gasteiger partial charge in [-0.2, -0.15) is 26.3 Å². The molecule has 0 bridgehead atoms. The third-order valence-corrected chi connectivity index (χ3v) is 8.94. The van der Waals surface area contributed by atoms with Crippen LogP contribution in [0.2, 0.25) is 0 Å². The number of carbonyl (C=O) groups is 4. The normalized spacial score (nSPS) is 24.7. The molecule has 7 nitrogen and oxygen atoms in total. The molecule has 2 amide bonds. The molecule has 1 saturated heterocycles. The quantitative estimate of drug-likeness (QED) is 0.162. The molecule has 1 aliphatic heterocycles. The Morgan fingerprint density at radius 2 is 1.46 bits per heavy atom. The van der Waals surface area contributed by atoms with Crippen LogP contribution in [0.15, 0.2) is 70.8 Å². The van der Waals surface area contributed by atoms with Crippen LogP contribution in [-0.2, 0) is 31.5 Å². The van der Waals surface area contributed by atoms with E-state index in [1.54, 1.807) is 0 Å². The van der Waals surface area contributed by atoms with Gasteiger partial charge in [0, 0.05) is 28.2 Å². The first-order valence-electron chi connectivity index (χ1n) is 14.1. The molecule has 0 radical (unpaired) electrons. The molecule has 3 aliphatic carbocycles. The van der Waals surface area contributed by atoms with Crippen molar-refractivity contribution in [1.82, 2.24) is 0 Å². The fourth-order valence-electron chi connectivity index (χ4n) is 7.02. The number of aromatic hydroxyl groups is 1. The van der Waals surface area contributed by atoms with Crippen molar-refractivity contribution >= 4 is 29.1 Å². The smallest absolute Gasteiger partial charge is 0.508 e. The fraction of sp³-hybridized carbons (Fsp3) is 0.312. The molecule has 2 aromatic carbocycles. The first kappa shape index (κ1) is 33.0. The van der Waals surface area contributed by atoms with E-state index < -0.39 is 94.1 Å². The van der Waals surface area contributed by atoms with E-state index in [1.165, 1.54) is 13.0 Å². The summed E-state index contributed by atoms with van der Waals surface area (Å²) < 4.78 is 125. The lowest BCUT2D eigenvalue weighted by Gasteiger charge is -2.42. The average molecular weight is 685 g/mol. The van der Waals surface area contributed by atoms with Crippen LogP contribution in [0.3, 0.4) is 0 Å². The van der Waals surface area contributed by atoms with Gasteiger partial charge >= 0.3 is 18.7 Å². The second-order valence-electron chi connectivity index (χ2n) is 11.8. The number of hydrogen-bond acceptors (Lipinski definition) is 6. The van der Waals surface area contributed by atoms with Crippen LogP contribution >= 0.6 is 0 Å². The first-order chi connectivity index (χ1) is 22.2. The van der Waals surface area contributed by atoms with Gasteiger partial charge < -0.3 is 9.84 Å². The summed E-state index contributed by atoms with van der Waals surface area (Å²) in [6, 6.07) is 2.77. The van der Waals surface area contributed by atoms with Crippen LogP contribution in [-0.4, -0.2) is 34.8 Å². The number of anilines is 1. The summed E-state index contributed by atoms with van der Waals surface area (Å²) >= 11 is 0. The number of ether oxygens (including phenoxy) is 1. The van der Waals surface area contributed by atoms with E-state index in [9.17, 15) is 63.8 Å². The maximum atomic E-state index is 14.0. The van der Waals surface area contributed by atoms with Crippen LogP contribution in [0.25, 0.3) is 0 Å². The van der Waals surface area contributed by atoms with E-state index in [2.05, 4.69) is 4.74 Å². The summed E-state index contributed by atoms with van der Waals surface area (Å²) in [6.45, 7) is 1.32. The Kier molecular flexibility index (Phi) is 7.44. The largest absolute Gasteiger partial charge is 0.573 e. The van der Waals surface area contributed by atoms with E-state index >= 15 is 0 Å². The standard InChI is InChI=1S/C32H20F9NO6/c1-12-6-23(44)26-21(27(12)45)11-19-17(24(26)20-10-16(2-5-22(20)43)48-32(39,40)41)3-4-18-25(19)29(47)42(28(18)46)15-8-13(30(33,34)35)7-14(9-15)31(36,37)38/h2-3,5-10,18-19,24-25,43H,4,11H2,1H3/t18-,19+,24+,25-/m0/s1. The lowest BCUT2D eigenvalue weighted by molar-refractivity contribution is -0.274. The SMILES string of the molecule is CC1=CC(=O)C2=C(C[C@@H]3C(=CC[C@@H]4C(=O)N(c5cc(C(F)(F)F)cc(C(F)(F)F)c5)C(=O)[C@@H]43)[C@@H]2c2cc(OC(F)(F)F)ccc2O)C1=O. The number of rotatable bonds is 3. The van der Waals surface area contributed by atoms with E-state index in [4.69, 9.17) is 0 Å². The van der Waals surface area contributed by atoms with Crippen LogP contribution in [0.4, 0.5) is 45.2 Å².